The molecule has 1 aliphatic carbocycles. The first-order valence-corrected chi connectivity index (χ1v) is 7.40. The number of carbonyl (C=O) groups is 1. The summed E-state index contributed by atoms with van der Waals surface area (Å²) in [4.78, 5) is 14.9. The van der Waals surface area contributed by atoms with Crippen LogP contribution in [0.4, 0.5) is 0 Å². The third-order valence-electron chi connectivity index (χ3n) is 4.22. The van der Waals surface area contributed by atoms with Gasteiger partial charge in [-0.05, 0) is 18.8 Å². The van der Waals surface area contributed by atoms with E-state index in [0.29, 0.717) is 10.9 Å². The van der Waals surface area contributed by atoms with E-state index in [4.69, 9.17) is 18.0 Å². The molecule has 3 nitrogen and oxygen atoms in total. The summed E-state index contributed by atoms with van der Waals surface area (Å²) in [5.41, 5.74) is 5.33. The van der Waals surface area contributed by atoms with Crippen LogP contribution in [0.15, 0.2) is 0 Å². The van der Waals surface area contributed by atoms with E-state index in [1.165, 1.54) is 6.42 Å². The summed E-state index contributed by atoms with van der Waals surface area (Å²) in [6.07, 6.45) is 6.03. The molecule has 4 heteroatoms. The highest BCUT2D eigenvalue weighted by Gasteiger charge is 2.43. The lowest BCUT2D eigenvalue weighted by molar-refractivity contribution is -0.138. The molecule has 18 heavy (non-hydrogen) atoms. The molecule has 0 bridgehead atoms. The van der Waals surface area contributed by atoms with E-state index >= 15 is 0 Å². The van der Waals surface area contributed by atoms with E-state index in [2.05, 4.69) is 13.8 Å². The third kappa shape index (κ3) is 3.22. The van der Waals surface area contributed by atoms with E-state index in [9.17, 15) is 4.79 Å². The number of hydrogen-bond donors (Lipinski definition) is 1. The molecule has 0 aromatic carbocycles. The molecule has 1 rings (SSSR count). The Kier molecular flexibility index (Phi) is 5.57. The molecule has 1 atom stereocenters. The van der Waals surface area contributed by atoms with Gasteiger partial charge in [0.2, 0.25) is 5.91 Å². The molecule has 0 radical (unpaired) electrons. The Morgan fingerprint density at radius 1 is 1.39 bits per heavy atom. The second-order valence-corrected chi connectivity index (χ2v) is 6.15. The maximum Gasteiger partial charge on any atom is 0.235 e. The smallest absolute Gasteiger partial charge is 0.235 e. The molecule has 1 aliphatic rings. The van der Waals surface area contributed by atoms with Crippen LogP contribution in [0, 0.1) is 11.3 Å². The zero-order valence-electron chi connectivity index (χ0n) is 11.9. The highest BCUT2D eigenvalue weighted by atomic mass is 32.1. The summed E-state index contributed by atoms with van der Waals surface area (Å²) in [6, 6.07) is 0. The van der Waals surface area contributed by atoms with Crippen molar-refractivity contribution in [2.24, 2.45) is 17.1 Å². The van der Waals surface area contributed by atoms with Gasteiger partial charge in [0.1, 0.15) is 0 Å². The molecule has 1 fully saturated rings. The lowest BCUT2D eigenvalue weighted by Crippen LogP contribution is -2.51. The summed E-state index contributed by atoms with van der Waals surface area (Å²) < 4.78 is 0. The number of hydrogen-bond acceptors (Lipinski definition) is 2. The van der Waals surface area contributed by atoms with Gasteiger partial charge >= 0.3 is 0 Å². The number of thiocarbonyl (C=S) groups is 1. The molecule has 2 N–H and O–H groups in total. The molecule has 1 unspecified atom stereocenters. The van der Waals surface area contributed by atoms with Crippen LogP contribution in [0.3, 0.4) is 0 Å². The van der Waals surface area contributed by atoms with Gasteiger partial charge in [-0.2, -0.15) is 0 Å². The summed E-state index contributed by atoms with van der Waals surface area (Å²) in [7, 11) is 1.88. The lowest BCUT2D eigenvalue weighted by Gasteiger charge is -2.38. The van der Waals surface area contributed by atoms with Crippen molar-refractivity contribution in [2.45, 2.75) is 52.4 Å². The summed E-state index contributed by atoms with van der Waals surface area (Å²) in [5.74, 6) is 0.654. The monoisotopic (exact) mass is 270 g/mol. The van der Waals surface area contributed by atoms with Gasteiger partial charge in [0.15, 0.2) is 0 Å². The van der Waals surface area contributed by atoms with Crippen LogP contribution < -0.4 is 5.73 Å². The number of amides is 1. The van der Waals surface area contributed by atoms with Crippen molar-refractivity contribution < 1.29 is 4.79 Å². The summed E-state index contributed by atoms with van der Waals surface area (Å²) >= 11 is 5.20. The molecular formula is C14H26N2OS. The maximum atomic E-state index is 12.7. The van der Waals surface area contributed by atoms with Gasteiger partial charge in [0, 0.05) is 13.6 Å². The van der Waals surface area contributed by atoms with Crippen molar-refractivity contribution in [3.05, 3.63) is 0 Å². The standard InChI is InChI=1S/C14H26N2OS/c1-4-11(2)10-16(3)13(17)14(12(15)18)8-6-5-7-9-14/h11H,4-10H2,1-3H3,(H2,15,18). The van der Waals surface area contributed by atoms with Gasteiger partial charge in [0.25, 0.3) is 0 Å². The quantitative estimate of drug-likeness (QED) is 0.781. The van der Waals surface area contributed by atoms with Crippen molar-refractivity contribution in [3.63, 3.8) is 0 Å². The average molecular weight is 270 g/mol. The van der Waals surface area contributed by atoms with Crippen molar-refractivity contribution in [1.82, 2.24) is 4.90 Å². The fourth-order valence-corrected chi connectivity index (χ4v) is 3.06. The molecule has 0 spiro atoms. The van der Waals surface area contributed by atoms with Crippen LogP contribution in [0.1, 0.15) is 52.4 Å². The van der Waals surface area contributed by atoms with Crippen LogP contribution in [-0.4, -0.2) is 29.4 Å². The van der Waals surface area contributed by atoms with Crippen molar-refractivity contribution in [2.75, 3.05) is 13.6 Å². The maximum absolute atomic E-state index is 12.7. The molecule has 0 aromatic rings. The van der Waals surface area contributed by atoms with Crippen LogP contribution in [0.25, 0.3) is 0 Å². The molecule has 104 valence electrons. The zero-order chi connectivity index (χ0) is 13.8. The number of rotatable bonds is 5. The molecule has 0 aliphatic heterocycles. The number of nitrogens with two attached hydrogens (primary N) is 1. The minimum atomic E-state index is -0.560. The SMILES string of the molecule is CCC(C)CN(C)C(=O)C1(C(N)=S)CCCCC1. The fraction of sp³-hybridized carbons (Fsp3) is 0.857. The van der Waals surface area contributed by atoms with Gasteiger partial charge in [-0.1, -0.05) is 51.7 Å². The largest absolute Gasteiger partial charge is 0.392 e. The molecule has 1 amide bonds. The zero-order valence-corrected chi connectivity index (χ0v) is 12.7. The topological polar surface area (TPSA) is 46.3 Å². The van der Waals surface area contributed by atoms with Gasteiger partial charge in [-0.25, -0.2) is 0 Å². The van der Waals surface area contributed by atoms with Crippen LogP contribution in [-0.2, 0) is 4.79 Å². The van der Waals surface area contributed by atoms with E-state index in [1.807, 2.05) is 11.9 Å². The molecule has 0 saturated heterocycles. The van der Waals surface area contributed by atoms with E-state index in [1.54, 1.807) is 0 Å². The Hall–Kier alpha value is -0.640. The second kappa shape index (κ2) is 6.50. The Labute approximate surface area is 116 Å². The second-order valence-electron chi connectivity index (χ2n) is 5.71. The number of nitrogens with zero attached hydrogens (tertiary/aromatic N) is 1. The predicted molar refractivity (Wildman–Crippen MR) is 79.4 cm³/mol. The molecular weight excluding hydrogens is 244 g/mol. The summed E-state index contributed by atoms with van der Waals surface area (Å²) in [6.45, 7) is 5.10. The first kappa shape index (κ1) is 15.4. The van der Waals surface area contributed by atoms with E-state index < -0.39 is 5.41 Å². The van der Waals surface area contributed by atoms with Gasteiger partial charge in [-0.3, -0.25) is 4.79 Å². The third-order valence-corrected chi connectivity index (χ3v) is 4.61. The Morgan fingerprint density at radius 3 is 2.39 bits per heavy atom. The van der Waals surface area contributed by atoms with Crippen LogP contribution in [0.5, 0.6) is 0 Å². The minimum Gasteiger partial charge on any atom is -0.392 e. The highest BCUT2D eigenvalue weighted by Crippen LogP contribution is 2.38. The Bertz CT molecular complexity index is 311. The first-order valence-electron chi connectivity index (χ1n) is 6.99. The van der Waals surface area contributed by atoms with Crippen molar-refractivity contribution >= 4 is 23.1 Å². The van der Waals surface area contributed by atoms with E-state index in [-0.39, 0.29) is 5.91 Å². The predicted octanol–water partition coefficient (Wildman–Crippen LogP) is 2.73. The van der Waals surface area contributed by atoms with Crippen LogP contribution in [0.2, 0.25) is 0 Å². The van der Waals surface area contributed by atoms with Crippen molar-refractivity contribution in [1.29, 1.82) is 0 Å². The lowest BCUT2D eigenvalue weighted by atomic mass is 9.73. The van der Waals surface area contributed by atoms with Gasteiger partial charge in [-0.15, -0.1) is 0 Å². The first-order chi connectivity index (χ1) is 8.44. The fourth-order valence-electron chi connectivity index (χ4n) is 2.77. The normalized spacial score (nSPS) is 20.2. The highest BCUT2D eigenvalue weighted by molar-refractivity contribution is 7.80. The van der Waals surface area contributed by atoms with E-state index in [0.717, 1.165) is 38.6 Å². The average Bonchev–Trinajstić information content (AvgIpc) is 2.38. The Balaban J connectivity index is 2.79. The molecule has 0 aromatic heterocycles. The Morgan fingerprint density at radius 2 is 1.94 bits per heavy atom. The van der Waals surface area contributed by atoms with Crippen LogP contribution >= 0.6 is 12.2 Å². The van der Waals surface area contributed by atoms with Crippen molar-refractivity contribution in [3.8, 4) is 0 Å². The molecule has 1 saturated carbocycles. The minimum absolute atomic E-state index is 0.134. The van der Waals surface area contributed by atoms with Gasteiger partial charge in [0.05, 0.1) is 10.4 Å². The van der Waals surface area contributed by atoms with Gasteiger partial charge < -0.3 is 10.6 Å². The summed E-state index contributed by atoms with van der Waals surface area (Å²) in [5, 5.41) is 0. The molecule has 0 heterocycles. The number of carbonyl (C=O) groups excluding carboxylic acids is 1.